The molecule has 1 aliphatic rings. The van der Waals surface area contributed by atoms with Crippen LogP contribution in [0.15, 0.2) is 313 Å². The molecule has 6 heteroatoms. The molecule has 0 saturated heterocycles. The minimum atomic E-state index is -2.62. The summed E-state index contributed by atoms with van der Waals surface area (Å²) < 4.78 is 0. The monoisotopic (exact) mass is 1300 g/mol. The highest BCUT2D eigenvalue weighted by atomic mass is 28.3. The van der Waals surface area contributed by atoms with Gasteiger partial charge in [-0.05, 0) is 132 Å². The predicted molar refractivity (Wildman–Crippen MR) is 424 cm³/mol. The highest BCUT2D eigenvalue weighted by molar-refractivity contribution is 7.14. The van der Waals surface area contributed by atoms with Crippen molar-refractivity contribution in [3.8, 4) is 56.0 Å². The second-order valence-electron chi connectivity index (χ2n) is 28.8. The highest BCUT2D eigenvalue weighted by Crippen LogP contribution is 2.49. The van der Waals surface area contributed by atoms with E-state index in [4.69, 9.17) is 9.98 Å². The summed E-state index contributed by atoms with van der Waals surface area (Å²) >= 11 is 0. The van der Waals surface area contributed by atoms with Crippen molar-refractivity contribution in [2.45, 2.75) is 89.4 Å². The topological polar surface area (TPSA) is 65.2 Å². The Labute approximate surface area is 579 Å². The molecule has 4 nitrogen and oxygen atoms in total. The summed E-state index contributed by atoms with van der Waals surface area (Å²) in [5.41, 5.74) is 9.12. The lowest BCUT2D eigenvalue weighted by Crippen LogP contribution is -2.72. The van der Waals surface area contributed by atoms with Crippen LogP contribution < -0.4 is 31.1 Å². The van der Waals surface area contributed by atoms with Crippen LogP contribution in [0, 0.1) is 0 Å². The van der Waals surface area contributed by atoms with Gasteiger partial charge in [0.15, 0.2) is 16.1 Å². The Hall–Kier alpha value is -10.5. The van der Waals surface area contributed by atoms with Gasteiger partial charge in [0.2, 0.25) is 0 Å². The summed E-state index contributed by atoms with van der Waals surface area (Å²) in [5.74, 6) is 0.392. The molecular weight excluding hydrogens is 1220 g/mol. The molecule has 0 heterocycles. The molecule has 480 valence electrons. The molecule has 14 aromatic rings. The minimum Gasteiger partial charge on any atom is -0.507 e. The molecule has 0 aromatic heterocycles. The smallest absolute Gasteiger partial charge is 0.153 e. The lowest BCUT2D eigenvalue weighted by molar-refractivity contribution is 0.390. The van der Waals surface area contributed by atoms with Crippen LogP contribution in [0.2, 0.25) is 10.1 Å². The van der Waals surface area contributed by atoms with Gasteiger partial charge in [-0.25, -0.2) is 0 Å². The molecule has 1 fully saturated rings. The molecule has 0 aliphatic heterocycles. The summed E-state index contributed by atoms with van der Waals surface area (Å²) in [6.45, 7) is 14.5. The third-order valence-corrected chi connectivity index (χ3v) is 33.0. The molecule has 0 unspecified atom stereocenters. The van der Waals surface area contributed by atoms with Crippen LogP contribution in [-0.4, -0.2) is 50.9 Å². The first-order chi connectivity index (χ1) is 47.7. The van der Waals surface area contributed by atoms with Gasteiger partial charge in [-0.1, -0.05) is 346 Å². The average Bonchev–Trinajstić information content (AvgIpc) is 0.747. The number of nitrogens with zero attached hydrogens (tertiary/aromatic N) is 2. The van der Waals surface area contributed by atoms with E-state index in [1.165, 1.54) is 31.1 Å². The number of hydrogen-bond acceptors (Lipinski definition) is 4. The second kappa shape index (κ2) is 26.1. The summed E-state index contributed by atoms with van der Waals surface area (Å²) in [6, 6.07) is 110. The Balaban J connectivity index is 0.803. The van der Waals surface area contributed by atoms with Crippen LogP contribution in [-0.2, 0) is 0 Å². The molecular formula is C92H82N2O2Si2. The maximum absolute atomic E-state index is 13.1. The number of rotatable bonds is 14. The van der Waals surface area contributed by atoms with E-state index in [-0.39, 0.29) is 33.7 Å². The summed E-state index contributed by atoms with van der Waals surface area (Å²) in [5, 5.41) is 42.7. The normalized spacial score (nSPS) is 14.9. The van der Waals surface area contributed by atoms with E-state index >= 15 is 0 Å². The molecule has 14 aromatic carbocycles. The van der Waals surface area contributed by atoms with Crippen molar-refractivity contribution in [1.29, 1.82) is 0 Å². The molecule has 1 aliphatic carbocycles. The van der Waals surface area contributed by atoms with Crippen molar-refractivity contribution in [2.75, 3.05) is 0 Å². The molecule has 0 spiro atoms. The van der Waals surface area contributed by atoms with E-state index in [0.29, 0.717) is 11.1 Å². The summed E-state index contributed by atoms with van der Waals surface area (Å²) in [6.07, 6.45) is 7.54. The quantitative estimate of drug-likeness (QED) is 0.0647. The number of phenolic OH excluding ortho intramolecular Hbond substituents is 2. The van der Waals surface area contributed by atoms with Gasteiger partial charge in [0.25, 0.3) is 0 Å². The molecule has 2 N–H and O–H groups in total. The molecule has 1 saturated carbocycles. The first-order valence-corrected chi connectivity index (χ1v) is 38.8. The average molecular weight is 1300 g/mol. The van der Waals surface area contributed by atoms with Gasteiger partial charge < -0.3 is 10.2 Å². The van der Waals surface area contributed by atoms with Gasteiger partial charge in [-0.2, -0.15) is 0 Å². The Morgan fingerprint density at radius 2 is 0.582 bits per heavy atom. The number of aromatic hydroxyl groups is 2. The summed E-state index contributed by atoms with van der Waals surface area (Å²) in [4.78, 5) is 10.9. The lowest BCUT2D eigenvalue weighted by Gasteiger charge is -2.44. The van der Waals surface area contributed by atoms with Gasteiger partial charge in [-0.3, -0.25) is 9.98 Å². The third kappa shape index (κ3) is 11.1. The maximum atomic E-state index is 13.1. The second-order valence-corrected chi connectivity index (χ2v) is 38.3. The Morgan fingerprint density at radius 3 is 0.898 bits per heavy atom. The third-order valence-electron chi connectivity index (χ3n) is 21.3. The Morgan fingerprint density at radius 1 is 0.306 bits per heavy atom. The Kier molecular flexibility index (Phi) is 17.0. The van der Waals surface area contributed by atoms with Crippen LogP contribution in [0.4, 0.5) is 0 Å². The Bertz CT molecular complexity index is 4890. The molecule has 0 bridgehead atoms. The van der Waals surface area contributed by atoms with Crippen molar-refractivity contribution >= 4 is 103 Å². The van der Waals surface area contributed by atoms with E-state index in [2.05, 4.69) is 345 Å². The van der Waals surface area contributed by atoms with E-state index in [1.807, 2.05) is 12.4 Å². The lowest BCUT2D eigenvalue weighted by atomic mass is 9.86. The number of fused-ring (bicyclic) bond motifs is 4. The molecule has 0 radical (unpaired) electrons. The van der Waals surface area contributed by atoms with Gasteiger partial charge in [0, 0.05) is 45.8 Å². The van der Waals surface area contributed by atoms with Gasteiger partial charge >= 0.3 is 0 Å². The van der Waals surface area contributed by atoms with Crippen molar-refractivity contribution < 1.29 is 10.2 Å². The van der Waals surface area contributed by atoms with E-state index in [9.17, 15) is 10.2 Å². The van der Waals surface area contributed by atoms with Gasteiger partial charge in [0.05, 0.1) is 12.1 Å². The van der Waals surface area contributed by atoms with Crippen LogP contribution in [0.3, 0.4) is 0 Å². The van der Waals surface area contributed by atoms with Crippen LogP contribution >= 0.6 is 0 Å². The molecule has 98 heavy (non-hydrogen) atoms. The van der Waals surface area contributed by atoms with Crippen molar-refractivity contribution in [2.24, 2.45) is 9.98 Å². The predicted octanol–water partition coefficient (Wildman–Crippen LogP) is 19.8. The highest BCUT2D eigenvalue weighted by Gasteiger charge is 2.50. The fourth-order valence-electron chi connectivity index (χ4n) is 16.9. The number of aliphatic imine (C=N–C) groups is 2. The van der Waals surface area contributed by atoms with Gasteiger partial charge in [-0.15, -0.1) is 0 Å². The fourth-order valence-corrected chi connectivity index (χ4v) is 28.2. The molecule has 0 amide bonds. The zero-order valence-corrected chi connectivity index (χ0v) is 58.8. The molecule has 2 atom stereocenters. The van der Waals surface area contributed by atoms with Crippen molar-refractivity contribution in [3.63, 3.8) is 0 Å². The fraction of sp³-hybridized carbons (Fsp3) is 0.152. The van der Waals surface area contributed by atoms with Crippen LogP contribution in [0.25, 0.3) is 87.6 Å². The van der Waals surface area contributed by atoms with Crippen LogP contribution in [0.5, 0.6) is 11.5 Å². The van der Waals surface area contributed by atoms with Gasteiger partial charge in [0.1, 0.15) is 11.5 Å². The molecule has 15 rings (SSSR count). The largest absolute Gasteiger partial charge is 0.507 e. The van der Waals surface area contributed by atoms with Crippen molar-refractivity contribution in [1.82, 2.24) is 0 Å². The van der Waals surface area contributed by atoms with E-state index in [0.717, 1.165) is 113 Å². The zero-order valence-electron chi connectivity index (χ0n) is 56.8. The first kappa shape index (κ1) is 63.5. The maximum Gasteiger partial charge on any atom is 0.153 e. The summed E-state index contributed by atoms with van der Waals surface area (Å²) in [7, 11) is -5.24. The van der Waals surface area contributed by atoms with Crippen molar-refractivity contribution in [3.05, 3.63) is 314 Å². The zero-order chi connectivity index (χ0) is 67.2. The van der Waals surface area contributed by atoms with Crippen LogP contribution in [0.1, 0.15) is 78.4 Å². The number of hydrogen-bond donors (Lipinski definition) is 2. The van der Waals surface area contributed by atoms with E-state index in [1.54, 1.807) is 0 Å². The van der Waals surface area contributed by atoms with E-state index < -0.39 is 16.1 Å². The number of benzene rings is 14. The first-order valence-electron chi connectivity index (χ1n) is 34.8. The number of phenols is 2. The minimum absolute atomic E-state index is 0.0679. The SMILES string of the molecule is CC(C)(C)[Si](c1ccccc1)(c1ccccc1)c1ccc(-c2ccc3ccccc3c2-c2c(O)c(C=N[C@@H]3CCCC[C@H]3N=Cc3cc4ccccc4c(-c4c(-c5ccc([Si](c6ccccc6)(c6ccccc6)C(C)(C)C)cc5)ccc5ccccc45)c3O)cc3ccccc23)cc1. The standard InChI is InChI=1S/C92H82N2O2Si2/c1-91(2,3)97(71-33-11-7-12-34-71,72-35-13-8-14-36-72)75-53-47-65(48-54-75)81-57-51-63-29-19-23-41-77(63)85(81)87-79-43-25-21-31-67(79)59-69(89(87)95)61-93-83-45-27-28-46-84(83)94-62-70-60-68-32-22-26-44-80(68)88(90(70)96)86-78-42-24-20-30-64(78)52-58-82(86)66-49-55-76(56-50-66)98(92(4,5)6,73-37-15-9-16-38-73)74-39-17-10-18-40-74/h7-26,29-44,47-62,83-84,95-96H,27-28,45-46H2,1-6H3/t83-,84-/m1/s1.